The van der Waals surface area contributed by atoms with Gasteiger partial charge in [0.25, 0.3) is 0 Å². The molecule has 2 heteroatoms. The molecule has 1 saturated carbocycles. The Labute approximate surface area is 116 Å². The molecule has 2 unspecified atom stereocenters. The zero-order valence-corrected chi connectivity index (χ0v) is 12.3. The summed E-state index contributed by atoms with van der Waals surface area (Å²) in [7, 11) is 1.75. The van der Waals surface area contributed by atoms with E-state index < -0.39 is 0 Å². The number of hydrogen-bond acceptors (Lipinski definition) is 2. The lowest BCUT2D eigenvalue weighted by molar-refractivity contribution is 0.351. The van der Waals surface area contributed by atoms with Crippen molar-refractivity contribution in [2.75, 3.05) is 7.11 Å². The molecule has 1 N–H and O–H groups in total. The maximum absolute atomic E-state index is 5.36. The summed E-state index contributed by atoms with van der Waals surface area (Å²) < 4.78 is 5.36. The van der Waals surface area contributed by atoms with Crippen molar-refractivity contribution in [1.29, 1.82) is 0 Å². The van der Waals surface area contributed by atoms with Gasteiger partial charge in [-0.25, -0.2) is 0 Å². The second-order valence-corrected chi connectivity index (χ2v) is 6.93. The first kappa shape index (κ1) is 13.0. The van der Waals surface area contributed by atoms with Crippen LogP contribution in [-0.4, -0.2) is 13.2 Å². The van der Waals surface area contributed by atoms with Crippen LogP contribution in [0.5, 0.6) is 5.75 Å². The maximum Gasteiger partial charge on any atom is 0.119 e. The smallest absolute Gasteiger partial charge is 0.119 e. The lowest BCUT2D eigenvalue weighted by Crippen LogP contribution is -2.30. The highest BCUT2D eigenvalue weighted by Gasteiger charge is 2.33. The number of ether oxygens (including phenoxy) is 1. The van der Waals surface area contributed by atoms with Gasteiger partial charge in [-0.05, 0) is 60.8 Å². The summed E-state index contributed by atoms with van der Waals surface area (Å²) >= 11 is 0. The van der Waals surface area contributed by atoms with Crippen LogP contribution < -0.4 is 10.1 Å². The fourth-order valence-corrected chi connectivity index (χ4v) is 3.74. The molecule has 0 aliphatic heterocycles. The number of nitrogens with one attached hydrogen (secondary N) is 1. The molecule has 2 aliphatic carbocycles. The summed E-state index contributed by atoms with van der Waals surface area (Å²) in [5.41, 5.74) is 3.48. The molecule has 0 bridgehead atoms. The number of methoxy groups -OCH3 is 1. The van der Waals surface area contributed by atoms with Gasteiger partial charge in [-0.1, -0.05) is 19.9 Å². The molecule has 1 fully saturated rings. The molecule has 104 valence electrons. The first-order valence-corrected chi connectivity index (χ1v) is 7.50. The molecule has 2 atom stereocenters. The van der Waals surface area contributed by atoms with Crippen LogP contribution in [0.25, 0.3) is 0 Å². The summed E-state index contributed by atoms with van der Waals surface area (Å²) in [5.74, 6) is 0.985. The van der Waals surface area contributed by atoms with E-state index in [-0.39, 0.29) is 0 Å². The van der Waals surface area contributed by atoms with E-state index in [4.69, 9.17) is 4.74 Å². The van der Waals surface area contributed by atoms with Crippen molar-refractivity contribution in [2.24, 2.45) is 5.41 Å². The van der Waals surface area contributed by atoms with Crippen LogP contribution in [0.2, 0.25) is 0 Å². The summed E-state index contributed by atoms with van der Waals surface area (Å²) in [5, 5.41) is 3.89. The normalized spacial score (nSPS) is 28.4. The minimum Gasteiger partial charge on any atom is -0.497 e. The van der Waals surface area contributed by atoms with Gasteiger partial charge in [0, 0.05) is 12.1 Å². The Morgan fingerprint density at radius 1 is 1.26 bits per heavy atom. The van der Waals surface area contributed by atoms with Gasteiger partial charge in [-0.3, -0.25) is 0 Å². The van der Waals surface area contributed by atoms with Crippen LogP contribution in [0, 0.1) is 5.41 Å². The van der Waals surface area contributed by atoms with Crippen LogP contribution in [0.4, 0.5) is 0 Å². The van der Waals surface area contributed by atoms with Crippen LogP contribution in [0.15, 0.2) is 18.2 Å². The fourth-order valence-electron chi connectivity index (χ4n) is 3.74. The zero-order chi connectivity index (χ0) is 13.5. The average Bonchev–Trinajstić information content (AvgIpc) is 2.93. The third-order valence-electron chi connectivity index (χ3n) is 4.84. The summed E-state index contributed by atoms with van der Waals surface area (Å²) in [6.45, 7) is 4.78. The highest BCUT2D eigenvalue weighted by molar-refractivity contribution is 5.40. The molecule has 0 spiro atoms. The first-order chi connectivity index (χ1) is 9.07. The topological polar surface area (TPSA) is 21.3 Å². The Morgan fingerprint density at radius 2 is 2.11 bits per heavy atom. The molecule has 0 heterocycles. The van der Waals surface area contributed by atoms with E-state index in [1.54, 1.807) is 7.11 Å². The quantitative estimate of drug-likeness (QED) is 0.890. The second-order valence-electron chi connectivity index (χ2n) is 6.93. The number of hydrogen-bond donors (Lipinski definition) is 1. The van der Waals surface area contributed by atoms with Crippen molar-refractivity contribution in [3.05, 3.63) is 29.3 Å². The highest BCUT2D eigenvalue weighted by atomic mass is 16.5. The second kappa shape index (κ2) is 4.82. The van der Waals surface area contributed by atoms with E-state index in [1.165, 1.54) is 43.2 Å². The Kier molecular flexibility index (Phi) is 3.30. The van der Waals surface area contributed by atoms with Gasteiger partial charge in [0.1, 0.15) is 5.75 Å². The van der Waals surface area contributed by atoms with Crippen LogP contribution >= 0.6 is 0 Å². The van der Waals surface area contributed by atoms with Crippen molar-refractivity contribution < 1.29 is 4.74 Å². The molecule has 1 aromatic rings. The summed E-state index contributed by atoms with van der Waals surface area (Å²) in [6.07, 6.45) is 6.42. The standard InChI is InChI=1S/C17H25NO/c1-17(2)9-8-13(11-17)18-16-7-5-12-4-6-14(19-3)10-15(12)16/h4,6,10,13,16,18H,5,7-9,11H2,1-3H3. The monoisotopic (exact) mass is 259 g/mol. The van der Waals surface area contributed by atoms with Gasteiger partial charge < -0.3 is 10.1 Å². The molecule has 0 radical (unpaired) electrons. The predicted octanol–water partition coefficient (Wildman–Crippen LogP) is 3.85. The van der Waals surface area contributed by atoms with Gasteiger partial charge in [-0.15, -0.1) is 0 Å². The SMILES string of the molecule is COc1ccc2c(c1)C(NC1CCC(C)(C)C1)CC2. The fraction of sp³-hybridized carbons (Fsp3) is 0.647. The van der Waals surface area contributed by atoms with Gasteiger partial charge in [0.2, 0.25) is 0 Å². The van der Waals surface area contributed by atoms with Gasteiger partial charge in [-0.2, -0.15) is 0 Å². The van der Waals surface area contributed by atoms with E-state index in [0.29, 0.717) is 17.5 Å². The van der Waals surface area contributed by atoms with Crippen molar-refractivity contribution in [3.63, 3.8) is 0 Å². The van der Waals surface area contributed by atoms with E-state index >= 15 is 0 Å². The summed E-state index contributed by atoms with van der Waals surface area (Å²) in [6, 6.07) is 7.76. The predicted molar refractivity (Wildman–Crippen MR) is 78.6 cm³/mol. The van der Waals surface area contributed by atoms with Gasteiger partial charge in [0.15, 0.2) is 0 Å². The average molecular weight is 259 g/mol. The van der Waals surface area contributed by atoms with Crippen LogP contribution in [-0.2, 0) is 6.42 Å². The number of rotatable bonds is 3. The molecule has 0 saturated heterocycles. The van der Waals surface area contributed by atoms with Crippen molar-refractivity contribution in [1.82, 2.24) is 5.32 Å². The third kappa shape index (κ3) is 2.64. The van der Waals surface area contributed by atoms with E-state index in [9.17, 15) is 0 Å². The Balaban J connectivity index is 1.72. The lowest BCUT2D eigenvalue weighted by atomic mass is 9.91. The Morgan fingerprint density at radius 3 is 2.79 bits per heavy atom. The molecule has 2 nitrogen and oxygen atoms in total. The van der Waals surface area contributed by atoms with Gasteiger partial charge >= 0.3 is 0 Å². The zero-order valence-electron chi connectivity index (χ0n) is 12.3. The first-order valence-electron chi connectivity index (χ1n) is 7.50. The highest BCUT2D eigenvalue weighted by Crippen LogP contribution is 2.40. The van der Waals surface area contributed by atoms with E-state index in [1.807, 2.05) is 0 Å². The number of aryl methyl sites for hydroxylation is 1. The maximum atomic E-state index is 5.36. The number of benzene rings is 1. The minimum atomic E-state index is 0.521. The summed E-state index contributed by atoms with van der Waals surface area (Å²) in [4.78, 5) is 0. The van der Waals surface area contributed by atoms with Crippen molar-refractivity contribution in [2.45, 2.75) is 58.0 Å². The van der Waals surface area contributed by atoms with E-state index in [2.05, 4.69) is 37.4 Å². The van der Waals surface area contributed by atoms with Crippen LogP contribution in [0.3, 0.4) is 0 Å². The molecule has 2 aliphatic rings. The minimum absolute atomic E-state index is 0.521. The lowest BCUT2D eigenvalue weighted by Gasteiger charge is -2.22. The molecule has 3 rings (SSSR count). The molecule has 19 heavy (non-hydrogen) atoms. The van der Waals surface area contributed by atoms with Crippen LogP contribution in [0.1, 0.15) is 56.7 Å². The van der Waals surface area contributed by atoms with Crippen molar-refractivity contribution in [3.8, 4) is 5.75 Å². The number of fused-ring (bicyclic) bond motifs is 1. The molecule has 0 aromatic heterocycles. The van der Waals surface area contributed by atoms with Crippen molar-refractivity contribution >= 4 is 0 Å². The van der Waals surface area contributed by atoms with E-state index in [0.717, 1.165) is 5.75 Å². The molecular weight excluding hydrogens is 234 g/mol. The van der Waals surface area contributed by atoms with Gasteiger partial charge in [0.05, 0.1) is 7.11 Å². The Bertz CT molecular complexity index is 466. The molecule has 1 aromatic carbocycles. The molecular formula is C17H25NO. The molecule has 0 amide bonds. The largest absolute Gasteiger partial charge is 0.497 e. The third-order valence-corrected chi connectivity index (χ3v) is 4.84. The Hall–Kier alpha value is -1.02.